The minimum Gasteiger partial charge on any atom is -0.445 e. The van der Waals surface area contributed by atoms with Gasteiger partial charge in [0.05, 0.1) is 0 Å². The molecular weight excluding hydrogens is 492 g/mol. The Morgan fingerprint density at radius 3 is 2.30 bits per heavy atom. The topological polar surface area (TPSA) is 136 Å². The summed E-state index contributed by atoms with van der Waals surface area (Å²) >= 11 is 6.15. The summed E-state index contributed by atoms with van der Waals surface area (Å²) in [6.07, 6.45) is 2.75. The van der Waals surface area contributed by atoms with Gasteiger partial charge < -0.3 is 15.0 Å². The van der Waals surface area contributed by atoms with Crippen molar-refractivity contribution in [2.75, 3.05) is 37.5 Å². The first kappa shape index (κ1) is 25.2. The highest BCUT2D eigenvalue weighted by molar-refractivity contribution is 7.91. The zero-order valence-corrected chi connectivity index (χ0v) is 20.6. The molecule has 180 valence electrons. The lowest BCUT2D eigenvalue weighted by Gasteiger charge is -2.31. The molecule has 0 aliphatic carbocycles. The van der Waals surface area contributed by atoms with Crippen LogP contribution < -0.4 is 5.32 Å². The van der Waals surface area contributed by atoms with Gasteiger partial charge in [0.15, 0.2) is 20.7 Å². The molecule has 1 aromatic heterocycles. The summed E-state index contributed by atoms with van der Waals surface area (Å²) in [6.45, 7) is 1.58. The number of hydrogen-bond donors (Lipinski definition) is 1. The Bertz CT molecular complexity index is 1210. The van der Waals surface area contributed by atoms with E-state index >= 15 is 0 Å². The second-order valence-electron chi connectivity index (χ2n) is 7.87. The second kappa shape index (κ2) is 10.2. The number of nitrogens with one attached hydrogen (secondary N) is 1. The molecule has 0 bridgehead atoms. The number of nitrogens with zero attached hydrogens (tertiary/aromatic N) is 3. The van der Waals surface area contributed by atoms with Crippen LogP contribution in [0.25, 0.3) is 0 Å². The van der Waals surface area contributed by atoms with Crippen molar-refractivity contribution in [1.82, 2.24) is 14.9 Å². The van der Waals surface area contributed by atoms with Gasteiger partial charge >= 0.3 is 6.09 Å². The van der Waals surface area contributed by atoms with Crippen molar-refractivity contribution in [3.8, 4) is 0 Å². The first-order valence-electron chi connectivity index (χ1n) is 10.1. The van der Waals surface area contributed by atoms with E-state index in [-0.39, 0.29) is 29.5 Å². The van der Waals surface area contributed by atoms with Gasteiger partial charge in [-0.3, -0.25) is 0 Å². The molecule has 1 aliphatic heterocycles. The van der Waals surface area contributed by atoms with Crippen molar-refractivity contribution in [3.05, 3.63) is 40.9 Å². The van der Waals surface area contributed by atoms with Crippen LogP contribution in [0.4, 0.5) is 10.6 Å². The molecule has 1 fully saturated rings. The van der Waals surface area contributed by atoms with Gasteiger partial charge in [0.25, 0.3) is 0 Å². The molecule has 1 aromatic carbocycles. The number of sulfone groups is 2. The third-order valence-electron chi connectivity index (χ3n) is 5.12. The van der Waals surface area contributed by atoms with E-state index in [0.29, 0.717) is 32.5 Å². The number of carbonyl (C=O) groups excluding carboxylic acids is 1. The van der Waals surface area contributed by atoms with E-state index in [1.54, 1.807) is 4.90 Å². The first-order valence-corrected chi connectivity index (χ1v) is 14.3. The maximum Gasteiger partial charge on any atom is 0.410 e. The van der Waals surface area contributed by atoms with E-state index in [2.05, 4.69) is 15.3 Å². The number of benzene rings is 1. The third kappa shape index (κ3) is 6.78. The molecule has 10 nitrogen and oxygen atoms in total. The smallest absolute Gasteiger partial charge is 0.410 e. The van der Waals surface area contributed by atoms with Crippen LogP contribution in [0.2, 0.25) is 5.02 Å². The average Bonchev–Trinajstić information content (AvgIpc) is 2.76. The lowest BCUT2D eigenvalue weighted by atomic mass is 9.97. The summed E-state index contributed by atoms with van der Waals surface area (Å²) in [5, 5.41) is 1.53. The van der Waals surface area contributed by atoms with E-state index in [9.17, 15) is 21.6 Å². The molecule has 1 saturated heterocycles. The largest absolute Gasteiger partial charge is 0.445 e. The SMILES string of the molecule is CS(=O)(=O)c1nc(NCC2CCN(C(=O)OCc3ccccc3)CC2)c(Cl)c(S(C)(=O)=O)n1. The predicted octanol–water partition coefficient (Wildman–Crippen LogP) is 2.40. The fraction of sp³-hybridized carbons (Fsp3) is 0.450. The van der Waals surface area contributed by atoms with E-state index in [4.69, 9.17) is 16.3 Å². The van der Waals surface area contributed by atoms with Crippen molar-refractivity contribution in [2.24, 2.45) is 5.92 Å². The lowest BCUT2D eigenvalue weighted by Crippen LogP contribution is -2.40. The summed E-state index contributed by atoms with van der Waals surface area (Å²) in [5.41, 5.74) is 0.911. The standard InChI is InChI=1S/C20H25ClN4O6S2/c1-32(27,28)18-16(21)17(23-19(24-18)33(2,29)30)22-12-14-8-10-25(11-9-14)20(26)31-13-15-6-4-3-5-7-15/h3-7,14H,8-13H2,1-2H3,(H,22,23,24). The highest BCUT2D eigenvalue weighted by Crippen LogP contribution is 2.28. The van der Waals surface area contributed by atoms with Crippen LogP contribution >= 0.6 is 11.6 Å². The van der Waals surface area contributed by atoms with Crippen molar-refractivity contribution < 1.29 is 26.4 Å². The Hall–Kier alpha value is -2.44. The van der Waals surface area contributed by atoms with Crippen molar-refractivity contribution in [3.63, 3.8) is 0 Å². The second-order valence-corrected chi connectivity index (χ2v) is 12.1. The van der Waals surface area contributed by atoms with Crippen LogP contribution in [0, 0.1) is 5.92 Å². The zero-order chi connectivity index (χ0) is 24.2. The molecule has 0 unspecified atom stereocenters. The number of ether oxygens (including phenoxy) is 1. The van der Waals surface area contributed by atoms with Crippen LogP contribution in [-0.2, 0) is 31.0 Å². The molecule has 0 atom stereocenters. The minimum absolute atomic E-state index is 0.0581. The molecule has 2 heterocycles. The molecular formula is C20H25ClN4O6S2. The van der Waals surface area contributed by atoms with Gasteiger partial charge in [-0.25, -0.2) is 26.6 Å². The normalized spacial score (nSPS) is 15.3. The highest BCUT2D eigenvalue weighted by atomic mass is 35.5. The van der Waals surface area contributed by atoms with Crippen LogP contribution in [0.15, 0.2) is 40.5 Å². The summed E-state index contributed by atoms with van der Waals surface area (Å²) in [6, 6.07) is 9.41. The van der Waals surface area contributed by atoms with E-state index in [1.165, 1.54) is 0 Å². The van der Waals surface area contributed by atoms with Crippen LogP contribution in [0.5, 0.6) is 0 Å². The minimum atomic E-state index is -3.87. The van der Waals surface area contributed by atoms with Crippen LogP contribution in [-0.4, -0.2) is 69.9 Å². The summed E-state index contributed by atoms with van der Waals surface area (Å²) in [4.78, 5) is 21.5. The Morgan fingerprint density at radius 2 is 1.73 bits per heavy atom. The number of aromatic nitrogens is 2. The Labute approximate surface area is 198 Å². The number of hydrogen-bond acceptors (Lipinski definition) is 9. The molecule has 0 saturated carbocycles. The van der Waals surface area contributed by atoms with Gasteiger partial charge in [0, 0.05) is 32.1 Å². The molecule has 0 radical (unpaired) electrons. The van der Waals surface area contributed by atoms with Crippen molar-refractivity contribution in [1.29, 1.82) is 0 Å². The number of rotatable bonds is 7. The summed E-state index contributed by atoms with van der Waals surface area (Å²) < 4.78 is 53.1. The van der Waals surface area contributed by atoms with Crippen LogP contribution in [0.1, 0.15) is 18.4 Å². The molecule has 1 amide bonds. The third-order valence-corrected chi connectivity index (χ3v) is 7.43. The van der Waals surface area contributed by atoms with Gasteiger partial charge in [0.2, 0.25) is 15.0 Å². The Morgan fingerprint density at radius 1 is 1.09 bits per heavy atom. The van der Waals surface area contributed by atoms with Crippen LogP contribution in [0.3, 0.4) is 0 Å². The molecule has 33 heavy (non-hydrogen) atoms. The zero-order valence-electron chi connectivity index (χ0n) is 18.2. The van der Waals surface area contributed by atoms with E-state index < -0.39 is 29.9 Å². The van der Waals surface area contributed by atoms with Crippen molar-refractivity contribution >= 4 is 43.2 Å². The highest BCUT2D eigenvalue weighted by Gasteiger charge is 2.27. The number of piperidine rings is 1. The molecule has 13 heteroatoms. The van der Waals surface area contributed by atoms with E-state index in [1.807, 2.05) is 30.3 Å². The number of anilines is 1. The summed E-state index contributed by atoms with van der Waals surface area (Å²) in [7, 11) is -7.72. The van der Waals surface area contributed by atoms with Gasteiger partial charge in [-0.15, -0.1) is 0 Å². The molecule has 0 spiro atoms. The van der Waals surface area contributed by atoms with Crippen molar-refractivity contribution in [2.45, 2.75) is 29.6 Å². The van der Waals surface area contributed by atoms with Gasteiger partial charge in [0.1, 0.15) is 11.6 Å². The molecule has 1 N–H and O–H groups in total. The summed E-state index contributed by atoms with van der Waals surface area (Å²) in [5.74, 6) is 0.0785. The Kier molecular flexibility index (Phi) is 7.80. The fourth-order valence-corrected chi connectivity index (χ4v) is 5.13. The number of amides is 1. The quantitative estimate of drug-likeness (QED) is 0.434. The van der Waals surface area contributed by atoms with Gasteiger partial charge in [-0.05, 0) is 24.3 Å². The fourth-order valence-electron chi connectivity index (χ4n) is 3.31. The van der Waals surface area contributed by atoms with Gasteiger partial charge in [-0.1, -0.05) is 41.9 Å². The first-order chi connectivity index (χ1) is 15.4. The Balaban J connectivity index is 1.59. The predicted molar refractivity (Wildman–Crippen MR) is 123 cm³/mol. The number of halogens is 1. The number of carbonyl (C=O) groups is 1. The monoisotopic (exact) mass is 516 g/mol. The maximum absolute atomic E-state index is 12.3. The number of likely N-dealkylation sites (tertiary alicyclic amines) is 1. The van der Waals surface area contributed by atoms with Gasteiger partial charge in [-0.2, -0.15) is 4.98 Å². The molecule has 1 aliphatic rings. The lowest BCUT2D eigenvalue weighted by molar-refractivity contribution is 0.0832. The molecule has 2 aromatic rings. The average molecular weight is 517 g/mol. The maximum atomic E-state index is 12.3. The van der Waals surface area contributed by atoms with E-state index in [0.717, 1.165) is 18.1 Å². The molecule has 3 rings (SSSR count).